The van der Waals surface area contributed by atoms with Crippen molar-refractivity contribution in [1.82, 2.24) is 0 Å². The van der Waals surface area contributed by atoms with Gasteiger partial charge in [0.2, 0.25) is 0 Å². The Morgan fingerprint density at radius 1 is 1.32 bits per heavy atom. The van der Waals surface area contributed by atoms with Gasteiger partial charge in [-0.25, -0.2) is 0 Å². The molecule has 0 amide bonds. The highest BCUT2D eigenvalue weighted by Crippen LogP contribution is 2.35. The summed E-state index contributed by atoms with van der Waals surface area (Å²) in [5.41, 5.74) is -0.482. The van der Waals surface area contributed by atoms with E-state index in [1.54, 1.807) is 6.08 Å². The molecule has 1 aliphatic rings. The Bertz CT molecular complexity index is 460. The molecule has 0 aliphatic heterocycles. The summed E-state index contributed by atoms with van der Waals surface area (Å²) in [6, 6.07) is 0. The van der Waals surface area contributed by atoms with Crippen molar-refractivity contribution in [3.05, 3.63) is 23.5 Å². The van der Waals surface area contributed by atoms with Crippen LogP contribution in [0.5, 0.6) is 0 Å². The summed E-state index contributed by atoms with van der Waals surface area (Å²) in [6.45, 7) is 7.42. The molecule has 0 aromatic heterocycles. The van der Waals surface area contributed by atoms with Crippen LogP contribution in [-0.2, 0) is 14.3 Å². The summed E-state index contributed by atoms with van der Waals surface area (Å²) in [7, 11) is 1.38. The molecule has 0 saturated carbocycles. The third-order valence-corrected chi connectivity index (χ3v) is 3.69. The summed E-state index contributed by atoms with van der Waals surface area (Å²) in [6.07, 6.45) is 4.74. The average molecular weight is 312 g/mol. The van der Waals surface area contributed by atoms with Crippen molar-refractivity contribution in [3.8, 4) is 0 Å². The predicted octanol–water partition coefficient (Wildman–Crippen LogP) is 2.19. The zero-order valence-corrected chi connectivity index (χ0v) is 14.2. The lowest BCUT2D eigenvalue weighted by Crippen LogP contribution is -2.37. The largest absolute Gasteiger partial charge is 0.492 e. The molecule has 0 fully saturated rings. The minimum absolute atomic E-state index is 0.0122. The Morgan fingerprint density at radius 2 is 1.95 bits per heavy atom. The Balaban J connectivity index is 2.81. The SMILES string of the molecule is COC(=O)C(C)(C)CC(C)(C)OC1=CC(CO)=CC(CO)C1. The van der Waals surface area contributed by atoms with E-state index in [0.29, 0.717) is 12.8 Å². The van der Waals surface area contributed by atoms with Crippen molar-refractivity contribution in [2.45, 2.75) is 46.1 Å². The maximum absolute atomic E-state index is 11.8. The Morgan fingerprint density at radius 3 is 2.45 bits per heavy atom. The molecule has 126 valence electrons. The lowest BCUT2D eigenvalue weighted by Gasteiger charge is -2.35. The third-order valence-electron chi connectivity index (χ3n) is 3.69. The standard InChI is InChI=1S/C17H28O5/c1-16(2,15(20)21-5)11-17(3,4)22-14-7-12(9-18)6-13(8-14)10-19/h6-7,13,18-19H,8-11H2,1-5H3. The van der Waals surface area contributed by atoms with Gasteiger partial charge in [-0.1, -0.05) is 6.08 Å². The van der Waals surface area contributed by atoms with Crippen LogP contribution in [0.4, 0.5) is 0 Å². The molecule has 0 radical (unpaired) electrons. The van der Waals surface area contributed by atoms with Gasteiger partial charge in [0.15, 0.2) is 0 Å². The van der Waals surface area contributed by atoms with E-state index in [9.17, 15) is 15.0 Å². The zero-order chi connectivity index (χ0) is 17.0. The summed E-state index contributed by atoms with van der Waals surface area (Å²) in [5.74, 6) is 0.397. The van der Waals surface area contributed by atoms with Crippen LogP contribution in [0.25, 0.3) is 0 Å². The lowest BCUT2D eigenvalue weighted by molar-refractivity contribution is -0.154. The fourth-order valence-corrected chi connectivity index (χ4v) is 3.02. The van der Waals surface area contributed by atoms with E-state index >= 15 is 0 Å². The highest BCUT2D eigenvalue weighted by atomic mass is 16.5. The number of rotatable bonds is 7. The van der Waals surface area contributed by atoms with E-state index in [1.165, 1.54) is 7.11 Å². The molecule has 2 N–H and O–H groups in total. The van der Waals surface area contributed by atoms with Crippen LogP contribution in [0.1, 0.15) is 40.5 Å². The topological polar surface area (TPSA) is 76.0 Å². The molecule has 0 aromatic rings. The summed E-state index contributed by atoms with van der Waals surface area (Å²) >= 11 is 0. The van der Waals surface area contributed by atoms with Crippen molar-refractivity contribution in [2.75, 3.05) is 20.3 Å². The van der Waals surface area contributed by atoms with Crippen molar-refractivity contribution >= 4 is 5.97 Å². The second kappa shape index (κ2) is 7.29. The maximum Gasteiger partial charge on any atom is 0.311 e. The Hall–Kier alpha value is -1.33. The molecular weight excluding hydrogens is 284 g/mol. The highest BCUT2D eigenvalue weighted by Gasteiger charge is 2.37. The minimum atomic E-state index is -0.653. The van der Waals surface area contributed by atoms with Gasteiger partial charge in [-0.15, -0.1) is 0 Å². The van der Waals surface area contributed by atoms with E-state index in [0.717, 1.165) is 11.3 Å². The van der Waals surface area contributed by atoms with Gasteiger partial charge in [0.25, 0.3) is 0 Å². The fraction of sp³-hybridized carbons (Fsp3) is 0.706. The highest BCUT2D eigenvalue weighted by molar-refractivity contribution is 5.75. The average Bonchev–Trinajstić information content (AvgIpc) is 2.43. The van der Waals surface area contributed by atoms with Crippen molar-refractivity contribution in [1.29, 1.82) is 0 Å². The van der Waals surface area contributed by atoms with Gasteiger partial charge in [-0.2, -0.15) is 0 Å². The van der Waals surface area contributed by atoms with Crippen LogP contribution in [0.15, 0.2) is 23.5 Å². The first-order valence-corrected chi connectivity index (χ1v) is 7.54. The number of ether oxygens (including phenoxy) is 2. The predicted molar refractivity (Wildman–Crippen MR) is 84.0 cm³/mol. The van der Waals surface area contributed by atoms with Crippen molar-refractivity contribution in [2.24, 2.45) is 11.3 Å². The Labute approximate surface area is 132 Å². The number of hydrogen-bond donors (Lipinski definition) is 2. The van der Waals surface area contributed by atoms with Crippen LogP contribution in [0, 0.1) is 11.3 Å². The summed E-state index contributed by atoms with van der Waals surface area (Å²) in [4.78, 5) is 11.8. The molecule has 22 heavy (non-hydrogen) atoms. The first kappa shape index (κ1) is 18.7. The molecule has 5 nitrogen and oxygen atoms in total. The number of carbonyl (C=O) groups excluding carboxylic acids is 1. The molecule has 0 heterocycles. The maximum atomic E-state index is 11.8. The van der Waals surface area contributed by atoms with E-state index in [4.69, 9.17) is 9.47 Å². The number of carbonyl (C=O) groups is 1. The first-order chi connectivity index (χ1) is 10.1. The van der Waals surface area contributed by atoms with Crippen LogP contribution in [-0.4, -0.2) is 42.1 Å². The van der Waals surface area contributed by atoms with Gasteiger partial charge < -0.3 is 19.7 Å². The van der Waals surface area contributed by atoms with E-state index in [-0.39, 0.29) is 25.1 Å². The smallest absolute Gasteiger partial charge is 0.311 e. The Kier molecular flexibility index (Phi) is 6.20. The number of esters is 1. The fourth-order valence-electron chi connectivity index (χ4n) is 3.02. The molecule has 1 rings (SSSR count). The number of hydrogen-bond acceptors (Lipinski definition) is 5. The third kappa shape index (κ3) is 5.14. The summed E-state index contributed by atoms with van der Waals surface area (Å²) < 4.78 is 10.9. The number of allylic oxidation sites excluding steroid dienone is 1. The van der Waals surface area contributed by atoms with Gasteiger partial charge in [0.05, 0.1) is 24.9 Å². The van der Waals surface area contributed by atoms with Crippen LogP contribution in [0.2, 0.25) is 0 Å². The monoisotopic (exact) mass is 312 g/mol. The molecule has 0 saturated heterocycles. The van der Waals surface area contributed by atoms with Gasteiger partial charge in [0, 0.05) is 25.4 Å². The molecule has 0 bridgehead atoms. The molecule has 5 heteroatoms. The van der Waals surface area contributed by atoms with E-state index in [1.807, 2.05) is 33.8 Å². The first-order valence-electron chi connectivity index (χ1n) is 7.54. The number of aliphatic hydroxyl groups excluding tert-OH is 2. The quantitative estimate of drug-likeness (QED) is 0.705. The van der Waals surface area contributed by atoms with Gasteiger partial charge in [-0.05, 0) is 39.3 Å². The second-order valence-electron chi connectivity index (χ2n) is 7.07. The van der Waals surface area contributed by atoms with Crippen LogP contribution in [0.3, 0.4) is 0 Å². The molecule has 1 unspecified atom stereocenters. The van der Waals surface area contributed by atoms with Crippen LogP contribution >= 0.6 is 0 Å². The molecule has 1 aliphatic carbocycles. The molecule has 0 spiro atoms. The van der Waals surface area contributed by atoms with Crippen molar-refractivity contribution in [3.63, 3.8) is 0 Å². The second-order valence-corrected chi connectivity index (χ2v) is 7.07. The normalized spacial score (nSPS) is 19.3. The summed E-state index contributed by atoms with van der Waals surface area (Å²) in [5, 5.41) is 18.6. The van der Waals surface area contributed by atoms with Gasteiger partial charge in [0.1, 0.15) is 5.60 Å². The number of aliphatic hydroxyl groups is 2. The lowest BCUT2D eigenvalue weighted by atomic mass is 9.81. The van der Waals surface area contributed by atoms with E-state index in [2.05, 4.69) is 0 Å². The van der Waals surface area contributed by atoms with Gasteiger partial charge >= 0.3 is 5.97 Å². The minimum Gasteiger partial charge on any atom is -0.492 e. The van der Waals surface area contributed by atoms with Crippen LogP contribution < -0.4 is 0 Å². The molecule has 0 aromatic carbocycles. The zero-order valence-electron chi connectivity index (χ0n) is 14.2. The van der Waals surface area contributed by atoms with Gasteiger partial charge in [-0.3, -0.25) is 4.79 Å². The van der Waals surface area contributed by atoms with Crippen molar-refractivity contribution < 1.29 is 24.5 Å². The number of methoxy groups -OCH3 is 1. The van der Waals surface area contributed by atoms with E-state index < -0.39 is 11.0 Å². The molecular formula is C17H28O5. The molecule has 1 atom stereocenters.